The van der Waals surface area contributed by atoms with E-state index in [1.807, 2.05) is 0 Å². The Morgan fingerprint density at radius 1 is 1.40 bits per heavy atom. The van der Waals surface area contributed by atoms with Crippen molar-refractivity contribution in [2.75, 3.05) is 12.8 Å². The molecule has 0 saturated carbocycles. The van der Waals surface area contributed by atoms with Gasteiger partial charge in [0.25, 0.3) is 0 Å². The minimum Gasteiger partial charge on any atom is -0.218 e. The van der Waals surface area contributed by atoms with E-state index in [0.29, 0.717) is 6.42 Å². The van der Waals surface area contributed by atoms with Gasteiger partial charge in [-0.3, -0.25) is 0 Å². The van der Waals surface area contributed by atoms with Crippen molar-refractivity contribution in [3.8, 4) is 0 Å². The molecular formula is C6H14NO2S. The molecule has 1 N–H and O–H groups in total. The van der Waals surface area contributed by atoms with Crippen LogP contribution in [0.3, 0.4) is 0 Å². The second-order valence-corrected chi connectivity index (χ2v) is 4.13. The van der Waals surface area contributed by atoms with Crippen LogP contribution in [-0.4, -0.2) is 21.2 Å². The van der Waals surface area contributed by atoms with E-state index in [-0.39, 0.29) is 5.75 Å². The van der Waals surface area contributed by atoms with Crippen LogP contribution in [0.4, 0.5) is 0 Å². The number of nitrogens with one attached hydrogen (secondary N) is 1. The summed E-state index contributed by atoms with van der Waals surface area (Å²) in [5.74, 6) is 0.221. The highest BCUT2D eigenvalue weighted by atomic mass is 32.2. The van der Waals surface area contributed by atoms with Gasteiger partial charge >= 0.3 is 0 Å². The van der Waals surface area contributed by atoms with Crippen molar-refractivity contribution in [2.24, 2.45) is 0 Å². The van der Waals surface area contributed by atoms with Gasteiger partial charge in [-0.25, -0.2) is 13.1 Å². The maximum Gasteiger partial charge on any atom is 0.211 e. The van der Waals surface area contributed by atoms with Crippen molar-refractivity contribution in [3.05, 3.63) is 6.92 Å². The van der Waals surface area contributed by atoms with Crippen LogP contribution in [0.5, 0.6) is 0 Å². The summed E-state index contributed by atoms with van der Waals surface area (Å²) in [5.41, 5.74) is 0. The van der Waals surface area contributed by atoms with E-state index in [2.05, 4.69) is 11.6 Å². The molecule has 1 radical (unpaired) electrons. The Kier molecular flexibility index (Phi) is 4.64. The van der Waals surface area contributed by atoms with Crippen molar-refractivity contribution in [3.63, 3.8) is 0 Å². The lowest BCUT2D eigenvalue weighted by molar-refractivity contribution is 0.584. The molecule has 10 heavy (non-hydrogen) atoms. The second kappa shape index (κ2) is 4.68. The molecule has 0 unspecified atom stereocenters. The average Bonchev–Trinajstić information content (AvgIpc) is 1.89. The lowest BCUT2D eigenvalue weighted by Gasteiger charge is -1.99. The fraction of sp³-hybridized carbons (Fsp3) is 0.833. The Bertz CT molecular complexity index is 163. The summed E-state index contributed by atoms with van der Waals surface area (Å²) < 4.78 is 23.7. The lowest BCUT2D eigenvalue weighted by Crippen LogP contribution is -2.21. The zero-order valence-corrected chi connectivity index (χ0v) is 7.08. The molecule has 0 heterocycles. The summed E-state index contributed by atoms with van der Waals surface area (Å²) in [7, 11) is -1.54. The van der Waals surface area contributed by atoms with Crippen LogP contribution < -0.4 is 4.72 Å². The van der Waals surface area contributed by atoms with Gasteiger partial charge in [-0.05, 0) is 13.5 Å². The summed E-state index contributed by atoms with van der Waals surface area (Å²) in [6, 6.07) is 0. The Balaban J connectivity index is 3.49. The van der Waals surface area contributed by atoms with Crippen LogP contribution in [-0.2, 0) is 10.0 Å². The van der Waals surface area contributed by atoms with Crippen LogP contribution in [0.25, 0.3) is 0 Å². The molecule has 0 spiro atoms. The Labute approximate surface area is 62.9 Å². The van der Waals surface area contributed by atoms with Crippen LogP contribution in [0.2, 0.25) is 0 Å². The second-order valence-electron chi connectivity index (χ2n) is 2.08. The van der Waals surface area contributed by atoms with Gasteiger partial charge in [0.05, 0.1) is 5.75 Å². The largest absolute Gasteiger partial charge is 0.218 e. The van der Waals surface area contributed by atoms with Crippen molar-refractivity contribution in [1.29, 1.82) is 0 Å². The topological polar surface area (TPSA) is 46.2 Å². The first-order valence-electron chi connectivity index (χ1n) is 3.33. The van der Waals surface area contributed by atoms with Crippen molar-refractivity contribution in [1.82, 2.24) is 4.72 Å². The third-order valence-corrected chi connectivity index (χ3v) is 2.67. The molecule has 0 bridgehead atoms. The van der Waals surface area contributed by atoms with Gasteiger partial charge < -0.3 is 0 Å². The Morgan fingerprint density at radius 2 is 2.00 bits per heavy atom. The van der Waals surface area contributed by atoms with E-state index in [4.69, 9.17) is 0 Å². The van der Waals surface area contributed by atoms with Gasteiger partial charge in [0.15, 0.2) is 0 Å². The molecule has 0 aromatic rings. The molecular weight excluding hydrogens is 150 g/mol. The van der Waals surface area contributed by atoms with Crippen LogP contribution in [0.15, 0.2) is 0 Å². The number of rotatable bonds is 5. The summed E-state index contributed by atoms with van der Waals surface area (Å²) in [5, 5.41) is 0. The molecule has 61 valence electrons. The van der Waals surface area contributed by atoms with E-state index in [0.717, 1.165) is 12.8 Å². The van der Waals surface area contributed by atoms with E-state index in [1.54, 1.807) is 0 Å². The summed E-state index contributed by atoms with van der Waals surface area (Å²) in [6.45, 7) is 3.62. The van der Waals surface area contributed by atoms with Gasteiger partial charge in [-0.2, -0.15) is 0 Å². The molecule has 0 fully saturated rings. The zero-order chi connectivity index (χ0) is 8.04. The van der Waals surface area contributed by atoms with Gasteiger partial charge in [-0.15, -0.1) is 0 Å². The van der Waals surface area contributed by atoms with Crippen molar-refractivity contribution in [2.45, 2.75) is 19.3 Å². The summed E-state index contributed by atoms with van der Waals surface area (Å²) in [6.07, 6.45) is 2.38. The molecule has 0 aromatic carbocycles. The maximum atomic E-state index is 10.7. The molecule has 0 aromatic heterocycles. The van der Waals surface area contributed by atoms with E-state index in [1.165, 1.54) is 7.05 Å². The molecule has 0 rings (SSSR count). The van der Waals surface area contributed by atoms with E-state index >= 15 is 0 Å². The number of sulfonamides is 1. The first kappa shape index (κ1) is 9.91. The molecule has 0 aliphatic rings. The van der Waals surface area contributed by atoms with Gasteiger partial charge in [0, 0.05) is 0 Å². The monoisotopic (exact) mass is 164 g/mol. The number of hydrogen-bond acceptors (Lipinski definition) is 2. The first-order chi connectivity index (χ1) is 4.62. The van der Waals surface area contributed by atoms with Crippen LogP contribution >= 0.6 is 0 Å². The number of hydrogen-bond donors (Lipinski definition) is 1. The van der Waals surface area contributed by atoms with E-state index in [9.17, 15) is 8.42 Å². The molecule has 4 heteroatoms. The highest BCUT2D eigenvalue weighted by molar-refractivity contribution is 7.89. The fourth-order valence-electron chi connectivity index (χ4n) is 0.571. The standard InChI is InChI=1S/C6H14NO2S/c1-3-4-5-6-10(8,9)7-2/h7H,1,3-6H2,2H3. The third kappa shape index (κ3) is 4.76. The zero-order valence-electron chi connectivity index (χ0n) is 6.26. The highest BCUT2D eigenvalue weighted by Crippen LogP contribution is 1.96. The minimum atomic E-state index is -2.97. The smallest absolute Gasteiger partial charge is 0.211 e. The maximum absolute atomic E-state index is 10.7. The SMILES string of the molecule is [CH2]CCCCS(=O)(=O)NC. The molecule has 0 aliphatic heterocycles. The van der Waals surface area contributed by atoms with Gasteiger partial charge in [0.1, 0.15) is 0 Å². The van der Waals surface area contributed by atoms with Crippen molar-refractivity contribution >= 4 is 10.0 Å². The van der Waals surface area contributed by atoms with Crippen LogP contribution in [0, 0.1) is 6.92 Å². The summed E-state index contributed by atoms with van der Waals surface area (Å²) >= 11 is 0. The predicted octanol–water partition coefficient (Wildman–Crippen LogP) is 0.540. The predicted molar refractivity (Wildman–Crippen MR) is 42.1 cm³/mol. The molecule has 3 nitrogen and oxygen atoms in total. The fourth-order valence-corrected chi connectivity index (χ4v) is 1.36. The first-order valence-corrected chi connectivity index (χ1v) is 4.98. The minimum absolute atomic E-state index is 0.221. The van der Waals surface area contributed by atoms with E-state index < -0.39 is 10.0 Å². The lowest BCUT2D eigenvalue weighted by atomic mass is 10.3. The third-order valence-electron chi connectivity index (χ3n) is 1.22. The normalized spacial score (nSPS) is 11.8. The average molecular weight is 164 g/mol. The number of unbranched alkanes of at least 4 members (excludes halogenated alkanes) is 2. The van der Waals surface area contributed by atoms with Gasteiger partial charge in [0.2, 0.25) is 10.0 Å². The van der Waals surface area contributed by atoms with Gasteiger partial charge in [-0.1, -0.05) is 19.8 Å². The molecule has 0 aliphatic carbocycles. The Hall–Kier alpha value is -0.0900. The highest BCUT2D eigenvalue weighted by Gasteiger charge is 2.03. The van der Waals surface area contributed by atoms with Crippen molar-refractivity contribution < 1.29 is 8.42 Å². The molecule has 0 atom stereocenters. The Morgan fingerprint density at radius 3 is 2.40 bits per heavy atom. The summed E-state index contributed by atoms with van der Waals surface area (Å²) in [4.78, 5) is 0. The molecule has 0 saturated heterocycles. The van der Waals surface area contributed by atoms with Crippen LogP contribution in [0.1, 0.15) is 19.3 Å². The molecule has 0 amide bonds. The quantitative estimate of drug-likeness (QED) is 0.603.